The maximum absolute atomic E-state index is 13.6. The largest absolute Gasteiger partial charge is 0.490 e. The van der Waals surface area contributed by atoms with E-state index >= 15 is 0 Å². The molecule has 0 aromatic heterocycles. The van der Waals surface area contributed by atoms with E-state index in [4.69, 9.17) is 18.9 Å². The average molecular weight is 446 g/mol. The van der Waals surface area contributed by atoms with E-state index in [2.05, 4.69) is 0 Å². The molecule has 1 atom stereocenters. The standard InChI is InChI=1S/C24H31NO7/c1-3-29-21-11-7-9-19-22(21)32-20-10-6-5-8-18(20)24(19,31-4-2)23(28)30-17-14-25(12-15-26)13-16-27/h5-11,26-27H,3-4,12-17H2,1-2H3. The summed E-state index contributed by atoms with van der Waals surface area (Å²) < 4.78 is 23.8. The first-order valence-corrected chi connectivity index (χ1v) is 10.9. The van der Waals surface area contributed by atoms with Gasteiger partial charge in [0.15, 0.2) is 11.5 Å². The molecule has 0 spiro atoms. The quantitative estimate of drug-likeness (QED) is 0.481. The number of fused-ring (bicyclic) bond motifs is 2. The van der Waals surface area contributed by atoms with Crippen molar-refractivity contribution in [3.63, 3.8) is 0 Å². The topological polar surface area (TPSA) is 97.7 Å². The van der Waals surface area contributed by atoms with Crippen LogP contribution in [0, 0.1) is 0 Å². The van der Waals surface area contributed by atoms with Gasteiger partial charge in [0, 0.05) is 37.4 Å². The Morgan fingerprint density at radius 3 is 2.38 bits per heavy atom. The first-order valence-electron chi connectivity index (χ1n) is 10.9. The van der Waals surface area contributed by atoms with E-state index in [1.54, 1.807) is 30.3 Å². The van der Waals surface area contributed by atoms with Crippen LogP contribution >= 0.6 is 0 Å². The summed E-state index contributed by atoms with van der Waals surface area (Å²) in [4.78, 5) is 15.5. The van der Waals surface area contributed by atoms with Crippen molar-refractivity contribution in [1.82, 2.24) is 4.90 Å². The van der Waals surface area contributed by atoms with Gasteiger partial charge in [-0.1, -0.05) is 30.3 Å². The fourth-order valence-electron chi connectivity index (χ4n) is 3.91. The molecule has 1 heterocycles. The molecular formula is C24H31NO7. The number of ether oxygens (including phenoxy) is 4. The Kier molecular flexibility index (Phi) is 8.46. The molecule has 0 saturated heterocycles. The molecule has 2 aromatic rings. The number of rotatable bonds is 12. The highest BCUT2D eigenvalue weighted by atomic mass is 16.6. The molecule has 8 nitrogen and oxygen atoms in total. The average Bonchev–Trinajstić information content (AvgIpc) is 2.80. The summed E-state index contributed by atoms with van der Waals surface area (Å²) in [5, 5.41) is 18.4. The number of aliphatic hydroxyl groups excluding tert-OH is 2. The number of carbonyl (C=O) groups is 1. The number of para-hydroxylation sites is 2. The molecule has 32 heavy (non-hydrogen) atoms. The Morgan fingerprint density at radius 2 is 1.69 bits per heavy atom. The highest BCUT2D eigenvalue weighted by molar-refractivity contribution is 5.89. The number of aliphatic hydroxyl groups is 2. The van der Waals surface area contributed by atoms with Crippen molar-refractivity contribution in [1.29, 1.82) is 0 Å². The molecule has 0 bridgehead atoms. The molecule has 0 saturated carbocycles. The highest BCUT2D eigenvalue weighted by Gasteiger charge is 2.51. The minimum atomic E-state index is -1.51. The Labute approximate surface area is 188 Å². The zero-order valence-corrected chi connectivity index (χ0v) is 18.6. The van der Waals surface area contributed by atoms with Crippen molar-refractivity contribution in [2.45, 2.75) is 19.4 Å². The molecular weight excluding hydrogens is 414 g/mol. The van der Waals surface area contributed by atoms with Crippen LogP contribution in [0.2, 0.25) is 0 Å². The van der Waals surface area contributed by atoms with Crippen LogP contribution in [0.5, 0.6) is 17.2 Å². The van der Waals surface area contributed by atoms with Crippen molar-refractivity contribution < 1.29 is 34.0 Å². The van der Waals surface area contributed by atoms with Crippen LogP contribution in [0.1, 0.15) is 25.0 Å². The summed E-state index contributed by atoms with van der Waals surface area (Å²) in [6.07, 6.45) is 0. The lowest BCUT2D eigenvalue weighted by Gasteiger charge is -2.38. The van der Waals surface area contributed by atoms with Crippen molar-refractivity contribution in [2.75, 3.05) is 52.7 Å². The van der Waals surface area contributed by atoms with E-state index in [1.165, 1.54) is 0 Å². The number of carbonyl (C=O) groups excluding carboxylic acids is 1. The van der Waals surface area contributed by atoms with Gasteiger partial charge in [0.25, 0.3) is 0 Å². The summed E-state index contributed by atoms with van der Waals surface area (Å²) in [6, 6.07) is 12.6. The van der Waals surface area contributed by atoms with Gasteiger partial charge in [-0.15, -0.1) is 0 Å². The van der Waals surface area contributed by atoms with Gasteiger partial charge in [0.05, 0.1) is 19.8 Å². The number of benzene rings is 2. The molecule has 0 amide bonds. The Balaban J connectivity index is 1.98. The minimum Gasteiger partial charge on any atom is -0.490 e. The van der Waals surface area contributed by atoms with Crippen LogP contribution < -0.4 is 9.47 Å². The molecule has 0 radical (unpaired) electrons. The number of nitrogens with zero attached hydrogens (tertiary/aromatic N) is 1. The van der Waals surface area contributed by atoms with E-state index in [0.29, 0.717) is 54.6 Å². The zero-order valence-electron chi connectivity index (χ0n) is 18.6. The fourth-order valence-corrected chi connectivity index (χ4v) is 3.91. The molecule has 1 aliphatic rings. The maximum atomic E-state index is 13.6. The molecule has 8 heteroatoms. The lowest BCUT2D eigenvalue weighted by Crippen LogP contribution is -2.44. The first-order chi connectivity index (χ1) is 15.6. The second kappa shape index (κ2) is 11.3. The monoisotopic (exact) mass is 445 g/mol. The van der Waals surface area contributed by atoms with Gasteiger partial charge >= 0.3 is 5.97 Å². The van der Waals surface area contributed by atoms with E-state index in [9.17, 15) is 15.0 Å². The SMILES string of the molecule is CCOc1cccc2c1Oc1ccccc1C2(OCC)C(=O)OCCN(CCO)CCO. The Hall–Kier alpha value is -2.65. The molecule has 2 aromatic carbocycles. The van der Waals surface area contributed by atoms with E-state index in [-0.39, 0.29) is 26.4 Å². The predicted octanol–water partition coefficient (Wildman–Crippen LogP) is 2.30. The lowest BCUT2D eigenvalue weighted by atomic mass is 9.82. The molecule has 0 fully saturated rings. The summed E-state index contributed by atoms with van der Waals surface area (Å²) in [5.41, 5.74) is -0.419. The third-order valence-corrected chi connectivity index (χ3v) is 5.26. The summed E-state index contributed by atoms with van der Waals surface area (Å²) >= 11 is 0. The van der Waals surface area contributed by atoms with Crippen LogP contribution in [0.15, 0.2) is 42.5 Å². The normalized spacial score (nSPS) is 16.8. The molecule has 1 unspecified atom stereocenters. The Bertz CT molecular complexity index is 898. The summed E-state index contributed by atoms with van der Waals surface area (Å²) in [5.74, 6) is 0.895. The second-order valence-electron chi connectivity index (χ2n) is 7.20. The molecule has 2 N–H and O–H groups in total. The van der Waals surface area contributed by atoms with Gasteiger partial charge in [0.2, 0.25) is 5.60 Å². The number of hydrogen-bond donors (Lipinski definition) is 2. The highest BCUT2D eigenvalue weighted by Crippen LogP contribution is 2.52. The van der Waals surface area contributed by atoms with E-state index < -0.39 is 11.6 Å². The molecule has 0 aliphatic carbocycles. The molecule has 3 rings (SSSR count). The van der Waals surface area contributed by atoms with E-state index in [1.807, 2.05) is 30.9 Å². The minimum absolute atomic E-state index is 0.0465. The first kappa shape index (κ1) is 24.0. The van der Waals surface area contributed by atoms with Crippen LogP contribution in [-0.2, 0) is 19.9 Å². The number of esters is 1. The van der Waals surface area contributed by atoms with Crippen LogP contribution in [0.25, 0.3) is 0 Å². The van der Waals surface area contributed by atoms with Gasteiger partial charge in [-0.25, -0.2) is 4.79 Å². The lowest BCUT2D eigenvalue weighted by molar-refractivity contribution is -0.169. The maximum Gasteiger partial charge on any atom is 0.348 e. The predicted molar refractivity (Wildman–Crippen MR) is 118 cm³/mol. The van der Waals surface area contributed by atoms with Gasteiger partial charge in [-0.2, -0.15) is 0 Å². The van der Waals surface area contributed by atoms with Gasteiger partial charge in [-0.3, -0.25) is 4.90 Å². The zero-order chi connectivity index (χ0) is 23.0. The van der Waals surface area contributed by atoms with Crippen molar-refractivity contribution in [2.24, 2.45) is 0 Å². The van der Waals surface area contributed by atoms with Crippen LogP contribution in [0.3, 0.4) is 0 Å². The van der Waals surface area contributed by atoms with Crippen molar-refractivity contribution in [3.05, 3.63) is 53.6 Å². The Morgan fingerprint density at radius 1 is 0.969 bits per heavy atom. The molecule has 1 aliphatic heterocycles. The van der Waals surface area contributed by atoms with Crippen molar-refractivity contribution >= 4 is 5.97 Å². The third-order valence-electron chi connectivity index (χ3n) is 5.26. The van der Waals surface area contributed by atoms with Gasteiger partial charge < -0.3 is 29.2 Å². The van der Waals surface area contributed by atoms with Gasteiger partial charge in [0.1, 0.15) is 12.4 Å². The number of hydrogen-bond acceptors (Lipinski definition) is 8. The molecule has 174 valence electrons. The van der Waals surface area contributed by atoms with E-state index in [0.717, 1.165) is 0 Å². The summed E-state index contributed by atoms with van der Waals surface area (Å²) in [7, 11) is 0. The third kappa shape index (κ3) is 4.73. The van der Waals surface area contributed by atoms with Crippen LogP contribution in [-0.4, -0.2) is 73.8 Å². The van der Waals surface area contributed by atoms with Gasteiger partial charge in [-0.05, 0) is 26.0 Å². The second-order valence-corrected chi connectivity index (χ2v) is 7.20. The van der Waals surface area contributed by atoms with Crippen LogP contribution in [0.4, 0.5) is 0 Å². The summed E-state index contributed by atoms with van der Waals surface area (Å²) in [6.45, 7) is 5.54. The van der Waals surface area contributed by atoms with Crippen molar-refractivity contribution in [3.8, 4) is 17.2 Å². The fraction of sp³-hybridized carbons (Fsp3) is 0.458. The smallest absolute Gasteiger partial charge is 0.348 e.